The van der Waals surface area contributed by atoms with Crippen molar-refractivity contribution in [3.8, 4) is 5.69 Å². The highest BCUT2D eigenvalue weighted by molar-refractivity contribution is 8.00. The molecule has 3 aromatic rings. The average Bonchev–Trinajstić information content (AvgIpc) is 3.11. The summed E-state index contributed by atoms with van der Waals surface area (Å²) in [5.74, 6) is 0.754. The Morgan fingerprint density at radius 3 is 2.89 bits per heavy atom. The van der Waals surface area contributed by atoms with Gasteiger partial charge in [0.05, 0.1) is 23.0 Å². The van der Waals surface area contributed by atoms with Crippen LogP contribution in [0.25, 0.3) is 16.7 Å². The normalized spacial score (nSPS) is 17.4. The van der Waals surface area contributed by atoms with Gasteiger partial charge in [-0.25, -0.2) is 19.0 Å². The van der Waals surface area contributed by atoms with Gasteiger partial charge in [-0.3, -0.25) is 4.79 Å². The lowest BCUT2D eigenvalue weighted by atomic mass is 10.0. The lowest BCUT2D eigenvalue weighted by Gasteiger charge is -2.30. The second-order valence-electron chi connectivity index (χ2n) is 6.82. The van der Waals surface area contributed by atoms with E-state index in [1.807, 2.05) is 4.90 Å². The molecule has 1 aromatic carbocycles. The van der Waals surface area contributed by atoms with Crippen LogP contribution in [0.3, 0.4) is 0 Å². The number of piperidine rings is 1. The number of rotatable bonds is 4. The summed E-state index contributed by atoms with van der Waals surface area (Å²) in [4.78, 5) is 23.1. The fourth-order valence-electron chi connectivity index (χ4n) is 3.35. The summed E-state index contributed by atoms with van der Waals surface area (Å²) in [6.07, 6.45) is 5.42. The highest BCUT2D eigenvalue weighted by Gasteiger charge is 2.21. The maximum Gasteiger partial charge on any atom is 0.232 e. The van der Waals surface area contributed by atoms with Crippen LogP contribution in [-0.4, -0.2) is 49.4 Å². The molecule has 1 saturated heterocycles. The fourth-order valence-corrected chi connectivity index (χ4v) is 4.21. The number of halogens is 1. The van der Waals surface area contributed by atoms with E-state index in [4.69, 9.17) is 0 Å². The van der Waals surface area contributed by atoms with Crippen molar-refractivity contribution in [2.24, 2.45) is 5.92 Å². The third kappa shape index (κ3) is 3.80. The number of hydrogen-bond donors (Lipinski definition) is 0. The maximum atomic E-state index is 13.2. The number of fused-ring (bicyclic) bond motifs is 1. The summed E-state index contributed by atoms with van der Waals surface area (Å²) >= 11 is 1.41. The minimum absolute atomic E-state index is 0.143. The van der Waals surface area contributed by atoms with Crippen LogP contribution >= 0.6 is 11.8 Å². The quantitative estimate of drug-likeness (QED) is 0.509. The Morgan fingerprint density at radius 2 is 2.11 bits per heavy atom. The molecule has 0 saturated carbocycles. The van der Waals surface area contributed by atoms with E-state index >= 15 is 0 Å². The predicted octanol–water partition coefficient (Wildman–Crippen LogP) is 3.31. The first-order valence-corrected chi connectivity index (χ1v) is 9.95. The number of thioether (sulfide) groups is 1. The highest BCUT2D eigenvalue weighted by Crippen LogP contribution is 2.26. The van der Waals surface area contributed by atoms with Gasteiger partial charge in [-0.05, 0) is 43.0 Å². The van der Waals surface area contributed by atoms with Crippen LogP contribution in [0.5, 0.6) is 0 Å². The Balaban J connectivity index is 1.53. The smallest absolute Gasteiger partial charge is 0.232 e. The molecule has 140 valence electrons. The van der Waals surface area contributed by atoms with E-state index in [1.165, 1.54) is 36.6 Å². The maximum absolute atomic E-state index is 13.2. The zero-order chi connectivity index (χ0) is 18.8. The Kier molecular flexibility index (Phi) is 5.07. The molecule has 0 bridgehead atoms. The number of nitrogens with zero attached hydrogens (tertiary/aromatic N) is 5. The van der Waals surface area contributed by atoms with Crippen LogP contribution in [-0.2, 0) is 4.79 Å². The zero-order valence-corrected chi connectivity index (χ0v) is 15.8. The number of carbonyl (C=O) groups is 1. The van der Waals surface area contributed by atoms with Gasteiger partial charge in [-0.2, -0.15) is 5.10 Å². The molecule has 8 heteroatoms. The summed E-state index contributed by atoms with van der Waals surface area (Å²) < 4.78 is 14.8. The largest absolute Gasteiger partial charge is 0.342 e. The lowest BCUT2D eigenvalue weighted by Crippen LogP contribution is -2.40. The van der Waals surface area contributed by atoms with E-state index in [9.17, 15) is 9.18 Å². The molecule has 0 N–H and O–H groups in total. The van der Waals surface area contributed by atoms with Crippen LogP contribution in [0, 0.1) is 11.7 Å². The van der Waals surface area contributed by atoms with Gasteiger partial charge in [0, 0.05) is 13.1 Å². The molecular weight excluding hydrogens is 365 g/mol. The zero-order valence-electron chi connectivity index (χ0n) is 15.0. The van der Waals surface area contributed by atoms with E-state index in [2.05, 4.69) is 22.0 Å². The molecule has 1 aliphatic rings. The van der Waals surface area contributed by atoms with Crippen molar-refractivity contribution in [2.75, 3.05) is 18.8 Å². The van der Waals surface area contributed by atoms with E-state index in [-0.39, 0.29) is 11.7 Å². The number of likely N-dealkylation sites (tertiary alicyclic amines) is 1. The van der Waals surface area contributed by atoms with Gasteiger partial charge in [0.2, 0.25) is 5.91 Å². The first-order chi connectivity index (χ1) is 13.1. The third-order valence-corrected chi connectivity index (χ3v) is 5.73. The van der Waals surface area contributed by atoms with E-state index in [1.54, 1.807) is 23.0 Å². The van der Waals surface area contributed by atoms with Gasteiger partial charge in [0.15, 0.2) is 5.65 Å². The fraction of sp³-hybridized carbons (Fsp3) is 0.368. The van der Waals surface area contributed by atoms with Crippen LogP contribution in [0.1, 0.15) is 19.8 Å². The SMILES string of the molecule is CC1CCCN(C(=O)CSc2ncnc3c2cnn3-c2ccc(F)cc2)C1. The van der Waals surface area contributed by atoms with Crippen molar-refractivity contribution in [1.82, 2.24) is 24.6 Å². The summed E-state index contributed by atoms with van der Waals surface area (Å²) in [5, 5.41) is 5.88. The minimum Gasteiger partial charge on any atom is -0.342 e. The van der Waals surface area contributed by atoms with Crippen molar-refractivity contribution >= 4 is 28.7 Å². The molecule has 27 heavy (non-hydrogen) atoms. The topological polar surface area (TPSA) is 63.9 Å². The van der Waals surface area contributed by atoms with Crippen LogP contribution < -0.4 is 0 Å². The molecule has 0 aliphatic carbocycles. The number of amides is 1. The molecule has 3 heterocycles. The standard InChI is InChI=1S/C19H20FN5OS/c1-13-3-2-8-24(10-13)17(26)11-27-19-16-9-23-25(18(16)21-12-22-19)15-6-4-14(20)5-7-15/h4-7,9,12-13H,2-3,8,10-11H2,1H3. The van der Waals surface area contributed by atoms with Gasteiger partial charge in [0.1, 0.15) is 17.2 Å². The first-order valence-electron chi connectivity index (χ1n) is 8.97. The predicted molar refractivity (Wildman–Crippen MR) is 102 cm³/mol. The summed E-state index contributed by atoms with van der Waals surface area (Å²) in [7, 11) is 0. The number of benzene rings is 1. The Labute approximate surface area is 160 Å². The minimum atomic E-state index is -0.299. The highest BCUT2D eigenvalue weighted by atomic mass is 32.2. The van der Waals surface area contributed by atoms with Crippen molar-refractivity contribution in [1.29, 1.82) is 0 Å². The van der Waals surface area contributed by atoms with Gasteiger partial charge >= 0.3 is 0 Å². The first kappa shape index (κ1) is 17.9. The van der Waals surface area contributed by atoms with Gasteiger partial charge < -0.3 is 4.90 Å². The van der Waals surface area contributed by atoms with Gasteiger partial charge in [-0.15, -0.1) is 0 Å². The van der Waals surface area contributed by atoms with Crippen LogP contribution in [0.4, 0.5) is 4.39 Å². The summed E-state index contributed by atoms with van der Waals surface area (Å²) in [6.45, 7) is 3.86. The van der Waals surface area contributed by atoms with E-state index < -0.39 is 0 Å². The molecule has 1 fully saturated rings. The molecule has 1 amide bonds. The molecule has 1 unspecified atom stereocenters. The number of hydrogen-bond acceptors (Lipinski definition) is 5. The van der Waals surface area contributed by atoms with Crippen LogP contribution in [0.15, 0.2) is 41.8 Å². The summed E-state index contributed by atoms with van der Waals surface area (Å²) in [5.41, 5.74) is 1.36. The molecule has 0 radical (unpaired) electrons. The van der Waals surface area contributed by atoms with Gasteiger partial charge in [0.25, 0.3) is 0 Å². The molecule has 2 aromatic heterocycles. The molecule has 1 aliphatic heterocycles. The van der Waals surface area contributed by atoms with Crippen molar-refractivity contribution in [3.05, 3.63) is 42.6 Å². The Hall–Kier alpha value is -2.48. The van der Waals surface area contributed by atoms with Crippen molar-refractivity contribution in [2.45, 2.75) is 24.8 Å². The molecular formula is C19H20FN5OS. The Morgan fingerprint density at radius 1 is 1.30 bits per heavy atom. The summed E-state index contributed by atoms with van der Waals surface area (Å²) in [6, 6.07) is 6.07. The van der Waals surface area contributed by atoms with E-state index in [0.717, 1.165) is 35.6 Å². The van der Waals surface area contributed by atoms with Crippen molar-refractivity contribution in [3.63, 3.8) is 0 Å². The average molecular weight is 385 g/mol. The molecule has 1 atom stereocenters. The van der Waals surface area contributed by atoms with Gasteiger partial charge in [-0.1, -0.05) is 18.7 Å². The van der Waals surface area contributed by atoms with Crippen molar-refractivity contribution < 1.29 is 9.18 Å². The molecule has 0 spiro atoms. The van der Waals surface area contributed by atoms with Crippen LogP contribution in [0.2, 0.25) is 0 Å². The monoisotopic (exact) mass is 385 g/mol. The second-order valence-corrected chi connectivity index (χ2v) is 7.79. The van der Waals surface area contributed by atoms with E-state index in [0.29, 0.717) is 17.3 Å². The second kappa shape index (κ2) is 7.64. The Bertz CT molecular complexity index is 958. The third-order valence-electron chi connectivity index (χ3n) is 4.74. The molecule has 6 nitrogen and oxygen atoms in total. The number of carbonyl (C=O) groups excluding carboxylic acids is 1. The lowest BCUT2D eigenvalue weighted by molar-refractivity contribution is -0.130. The number of aromatic nitrogens is 4. The molecule has 4 rings (SSSR count).